The SMILES string of the molecule is CC(C)(C)[Si](Oc1ccc2cc(COCC3=C4CC5CC(C4)CC3C5)ccc2c1)(c1ccccc1)c1ccccc1. The molecule has 2 unspecified atom stereocenters. The van der Waals surface area contributed by atoms with E-state index in [9.17, 15) is 0 Å². The number of hydrogen-bond donors (Lipinski definition) is 0. The molecule has 0 amide bonds. The topological polar surface area (TPSA) is 18.5 Å². The summed E-state index contributed by atoms with van der Waals surface area (Å²) in [7, 11) is -2.66. The van der Waals surface area contributed by atoms with Gasteiger partial charge in [0.05, 0.1) is 13.2 Å². The molecule has 4 aromatic rings. The van der Waals surface area contributed by atoms with Crippen LogP contribution in [0.3, 0.4) is 0 Å². The summed E-state index contributed by atoms with van der Waals surface area (Å²) in [5.41, 5.74) is 4.65. The highest BCUT2D eigenvalue weighted by molar-refractivity contribution is 7.00. The van der Waals surface area contributed by atoms with E-state index in [-0.39, 0.29) is 5.04 Å². The van der Waals surface area contributed by atoms with Crippen LogP contribution in [0.25, 0.3) is 10.8 Å². The molecule has 4 aliphatic rings. The van der Waals surface area contributed by atoms with E-state index >= 15 is 0 Å². The van der Waals surface area contributed by atoms with E-state index in [1.165, 1.54) is 58.8 Å². The molecule has 2 nitrogen and oxygen atoms in total. The van der Waals surface area contributed by atoms with Gasteiger partial charge in [0, 0.05) is 0 Å². The van der Waals surface area contributed by atoms with Crippen LogP contribution in [0, 0.1) is 17.8 Å². The predicted molar refractivity (Wildman–Crippen MR) is 172 cm³/mol. The van der Waals surface area contributed by atoms with Gasteiger partial charge in [0.15, 0.2) is 0 Å². The van der Waals surface area contributed by atoms with Crippen molar-refractivity contribution in [1.82, 2.24) is 0 Å². The Bertz CT molecular complexity index is 1510. The van der Waals surface area contributed by atoms with Gasteiger partial charge in [-0.1, -0.05) is 105 Å². The standard InChI is InChI=1S/C38H42O2Si/c1-38(2,3)41(35-10-6-4-7-11-35,36-12-8-5-9-13-36)40-34-17-16-30-19-27(14-15-31(30)24-34)25-39-26-37-32-20-28-18-29(22-32)23-33(37)21-28/h4-17,19,24,28-29,32H,18,20-23,25-26H2,1-3H3. The second-order valence-corrected chi connectivity index (χ2v) is 18.0. The second-order valence-electron chi connectivity index (χ2n) is 13.8. The van der Waals surface area contributed by atoms with Gasteiger partial charge in [0.2, 0.25) is 0 Å². The Balaban J connectivity index is 1.13. The number of ether oxygens (including phenoxy) is 1. The summed E-state index contributed by atoms with van der Waals surface area (Å²) >= 11 is 0. The molecule has 8 rings (SSSR count). The Morgan fingerprint density at radius 2 is 1.29 bits per heavy atom. The van der Waals surface area contributed by atoms with Crippen LogP contribution in [-0.4, -0.2) is 14.9 Å². The largest absolute Gasteiger partial charge is 0.534 e. The molecular weight excluding hydrogens is 517 g/mol. The summed E-state index contributed by atoms with van der Waals surface area (Å²) in [6, 6.07) is 35.1. The summed E-state index contributed by atoms with van der Waals surface area (Å²) in [4.78, 5) is 0. The van der Waals surface area contributed by atoms with Gasteiger partial charge >= 0.3 is 8.32 Å². The first-order valence-corrected chi connectivity index (χ1v) is 17.4. The van der Waals surface area contributed by atoms with Gasteiger partial charge in [-0.25, -0.2) is 0 Å². The Labute approximate surface area is 246 Å². The maximum absolute atomic E-state index is 7.26. The smallest absolute Gasteiger partial charge is 0.319 e. The molecule has 41 heavy (non-hydrogen) atoms. The highest BCUT2D eigenvalue weighted by Crippen LogP contribution is 2.53. The molecule has 3 heteroatoms. The minimum absolute atomic E-state index is 0.0700. The van der Waals surface area contributed by atoms with Crippen molar-refractivity contribution in [3.8, 4) is 5.75 Å². The number of rotatable bonds is 8. The number of benzene rings is 4. The molecular formula is C38H42O2Si. The van der Waals surface area contributed by atoms with Crippen LogP contribution in [0.1, 0.15) is 58.4 Å². The Hall–Kier alpha value is -3.14. The highest BCUT2D eigenvalue weighted by atomic mass is 28.4. The van der Waals surface area contributed by atoms with Crippen LogP contribution in [0.2, 0.25) is 5.04 Å². The molecule has 0 spiro atoms. The molecule has 0 aromatic heterocycles. The lowest BCUT2D eigenvalue weighted by Crippen LogP contribution is -2.68. The van der Waals surface area contributed by atoms with Crippen molar-refractivity contribution in [3.63, 3.8) is 0 Å². The van der Waals surface area contributed by atoms with Crippen molar-refractivity contribution in [2.75, 3.05) is 6.61 Å². The lowest BCUT2D eigenvalue weighted by atomic mass is 9.58. The second kappa shape index (κ2) is 10.6. The van der Waals surface area contributed by atoms with Gasteiger partial charge in [-0.15, -0.1) is 0 Å². The number of fused-ring (bicyclic) bond motifs is 1. The summed E-state index contributed by atoms with van der Waals surface area (Å²) in [5.74, 6) is 3.68. The average molecular weight is 559 g/mol. The molecule has 0 radical (unpaired) electrons. The molecule has 4 aliphatic carbocycles. The van der Waals surface area contributed by atoms with E-state index in [0.29, 0.717) is 6.61 Å². The number of allylic oxidation sites excluding steroid dienone is 1. The molecule has 2 atom stereocenters. The molecule has 0 aliphatic heterocycles. The van der Waals surface area contributed by atoms with E-state index in [4.69, 9.17) is 9.16 Å². The minimum Gasteiger partial charge on any atom is -0.534 e. The van der Waals surface area contributed by atoms with E-state index in [1.807, 2.05) is 0 Å². The zero-order valence-corrected chi connectivity index (χ0v) is 25.7. The predicted octanol–water partition coefficient (Wildman–Crippen LogP) is 8.43. The summed E-state index contributed by atoms with van der Waals surface area (Å²) in [6.45, 7) is 8.47. The van der Waals surface area contributed by atoms with Crippen LogP contribution in [0.4, 0.5) is 0 Å². The van der Waals surface area contributed by atoms with Crippen molar-refractivity contribution in [2.24, 2.45) is 17.8 Å². The first kappa shape index (κ1) is 26.7. The first-order chi connectivity index (χ1) is 19.9. The van der Waals surface area contributed by atoms with Gasteiger partial charge in [-0.2, -0.15) is 0 Å². The third-order valence-electron chi connectivity index (χ3n) is 10.0. The molecule has 0 N–H and O–H groups in total. The lowest BCUT2D eigenvalue weighted by Gasteiger charge is -2.47. The zero-order chi connectivity index (χ0) is 28.0. The van der Waals surface area contributed by atoms with Crippen LogP contribution in [0.15, 0.2) is 108 Å². The minimum atomic E-state index is -2.66. The van der Waals surface area contributed by atoms with Crippen LogP contribution in [-0.2, 0) is 11.3 Å². The van der Waals surface area contributed by atoms with Crippen molar-refractivity contribution < 1.29 is 9.16 Å². The molecule has 4 aromatic carbocycles. The first-order valence-electron chi connectivity index (χ1n) is 15.5. The maximum Gasteiger partial charge on any atom is 0.319 e. The van der Waals surface area contributed by atoms with E-state index < -0.39 is 8.32 Å². The monoisotopic (exact) mass is 558 g/mol. The molecule has 2 saturated carbocycles. The summed E-state index contributed by atoms with van der Waals surface area (Å²) in [6.07, 6.45) is 7.00. The quantitative estimate of drug-likeness (QED) is 0.160. The third-order valence-corrected chi connectivity index (χ3v) is 15.0. The fraction of sp³-hybridized carbons (Fsp3) is 0.368. The van der Waals surface area contributed by atoms with Gasteiger partial charge < -0.3 is 9.16 Å². The normalized spacial score (nSPS) is 22.0. The fourth-order valence-electron chi connectivity index (χ4n) is 8.27. The lowest BCUT2D eigenvalue weighted by molar-refractivity contribution is 0.101. The van der Waals surface area contributed by atoms with Crippen molar-refractivity contribution in [2.45, 2.75) is 64.5 Å². The Kier molecular flexibility index (Phi) is 6.91. The molecule has 0 saturated heterocycles. The van der Waals surface area contributed by atoms with Crippen LogP contribution >= 0.6 is 0 Å². The molecule has 4 bridgehead atoms. The Morgan fingerprint density at radius 1 is 0.683 bits per heavy atom. The van der Waals surface area contributed by atoms with Crippen LogP contribution in [0.5, 0.6) is 5.75 Å². The van der Waals surface area contributed by atoms with E-state index in [0.717, 1.165) is 30.1 Å². The number of hydrogen-bond acceptors (Lipinski definition) is 2. The maximum atomic E-state index is 7.26. The molecule has 210 valence electrons. The van der Waals surface area contributed by atoms with Crippen LogP contribution < -0.4 is 14.8 Å². The Morgan fingerprint density at radius 3 is 1.90 bits per heavy atom. The van der Waals surface area contributed by atoms with Gasteiger partial charge in [0.1, 0.15) is 5.75 Å². The van der Waals surface area contributed by atoms with Crippen molar-refractivity contribution >= 4 is 29.5 Å². The average Bonchev–Trinajstić information content (AvgIpc) is 2.97. The fourth-order valence-corrected chi connectivity index (χ4v) is 12.7. The van der Waals surface area contributed by atoms with Gasteiger partial charge in [0.25, 0.3) is 0 Å². The van der Waals surface area contributed by atoms with Crippen molar-refractivity contribution in [3.05, 3.63) is 114 Å². The molecule has 2 fully saturated rings. The van der Waals surface area contributed by atoms with Gasteiger partial charge in [-0.3, -0.25) is 0 Å². The zero-order valence-electron chi connectivity index (χ0n) is 24.7. The highest BCUT2D eigenvalue weighted by Gasteiger charge is 2.52. The summed E-state index contributed by atoms with van der Waals surface area (Å²) < 4.78 is 13.6. The van der Waals surface area contributed by atoms with Crippen molar-refractivity contribution in [1.29, 1.82) is 0 Å². The summed E-state index contributed by atoms with van der Waals surface area (Å²) in [5, 5.41) is 4.95. The van der Waals surface area contributed by atoms with Gasteiger partial charge in [-0.05, 0) is 105 Å². The molecule has 0 heterocycles. The van der Waals surface area contributed by atoms with E-state index in [1.54, 1.807) is 11.1 Å². The van der Waals surface area contributed by atoms with E-state index in [2.05, 4.69) is 118 Å². The third kappa shape index (κ3) is 4.98.